The first-order valence-corrected chi connectivity index (χ1v) is 12.3. The molecule has 1 saturated carbocycles. The number of carbonyl (C=O) groups is 2. The van der Waals surface area contributed by atoms with Crippen molar-refractivity contribution in [2.24, 2.45) is 0 Å². The number of methoxy groups -OCH3 is 1. The van der Waals surface area contributed by atoms with Gasteiger partial charge in [0.25, 0.3) is 11.8 Å². The van der Waals surface area contributed by atoms with Crippen molar-refractivity contribution < 1.29 is 19.1 Å². The van der Waals surface area contributed by atoms with Crippen molar-refractivity contribution in [3.8, 4) is 11.5 Å². The third kappa shape index (κ3) is 6.14. The lowest BCUT2D eigenvalue weighted by atomic mass is 9.91. The molecule has 178 valence electrons. The van der Waals surface area contributed by atoms with Crippen molar-refractivity contribution >= 4 is 23.2 Å². The molecule has 2 N–H and O–H groups in total. The highest BCUT2D eigenvalue weighted by atomic mass is 32.1. The number of carbonyl (C=O) groups excluding carboxylic acids is 2. The van der Waals surface area contributed by atoms with Crippen LogP contribution in [0.3, 0.4) is 0 Å². The van der Waals surface area contributed by atoms with E-state index in [0.29, 0.717) is 22.8 Å². The minimum absolute atomic E-state index is 0.0437. The number of rotatable bonds is 8. The molecule has 0 spiro atoms. The van der Waals surface area contributed by atoms with Gasteiger partial charge in [-0.3, -0.25) is 9.59 Å². The quantitative estimate of drug-likeness (QED) is 0.496. The normalized spacial score (nSPS) is 17.6. The SMILES string of the molecule is COc1ccccc1OCc1nc(C(=O)NC2CCC(NC(=O)c3ccc(C)cc3)CC2)cs1. The van der Waals surface area contributed by atoms with Crippen LogP contribution < -0.4 is 20.1 Å². The van der Waals surface area contributed by atoms with Gasteiger partial charge >= 0.3 is 0 Å². The van der Waals surface area contributed by atoms with E-state index in [1.807, 2.05) is 55.5 Å². The Balaban J connectivity index is 1.22. The van der Waals surface area contributed by atoms with Gasteiger partial charge in [0.05, 0.1) is 7.11 Å². The summed E-state index contributed by atoms with van der Waals surface area (Å²) in [4.78, 5) is 29.5. The predicted molar refractivity (Wildman–Crippen MR) is 132 cm³/mol. The minimum atomic E-state index is -0.174. The number of hydrogen-bond donors (Lipinski definition) is 2. The first-order valence-electron chi connectivity index (χ1n) is 11.4. The first kappa shape index (κ1) is 23.8. The van der Waals surface area contributed by atoms with Crippen LogP contribution in [0.1, 0.15) is 57.1 Å². The van der Waals surface area contributed by atoms with Gasteiger partial charge < -0.3 is 20.1 Å². The van der Waals surface area contributed by atoms with Crippen LogP contribution in [0.25, 0.3) is 0 Å². The fourth-order valence-electron chi connectivity index (χ4n) is 3.97. The third-order valence-corrected chi connectivity index (χ3v) is 6.74. The third-order valence-electron chi connectivity index (χ3n) is 5.92. The Hall–Kier alpha value is -3.39. The summed E-state index contributed by atoms with van der Waals surface area (Å²) < 4.78 is 11.1. The largest absolute Gasteiger partial charge is 0.493 e. The highest BCUT2D eigenvalue weighted by Crippen LogP contribution is 2.27. The van der Waals surface area contributed by atoms with Crippen molar-refractivity contribution in [2.45, 2.75) is 51.3 Å². The molecule has 1 heterocycles. The van der Waals surface area contributed by atoms with Gasteiger partial charge in [0.2, 0.25) is 0 Å². The van der Waals surface area contributed by atoms with Crippen LogP contribution in [0.15, 0.2) is 53.9 Å². The molecule has 34 heavy (non-hydrogen) atoms. The van der Waals surface area contributed by atoms with Gasteiger partial charge in [-0.2, -0.15) is 0 Å². The number of aryl methyl sites for hydroxylation is 1. The van der Waals surface area contributed by atoms with Crippen LogP contribution in [-0.4, -0.2) is 36.0 Å². The summed E-state index contributed by atoms with van der Waals surface area (Å²) in [7, 11) is 1.60. The molecule has 1 aliphatic carbocycles. The molecule has 1 fully saturated rings. The van der Waals surface area contributed by atoms with Crippen molar-refractivity contribution in [3.63, 3.8) is 0 Å². The Morgan fingerprint density at radius 1 is 0.941 bits per heavy atom. The number of aromatic nitrogens is 1. The zero-order valence-electron chi connectivity index (χ0n) is 19.4. The number of nitrogens with zero attached hydrogens (tertiary/aromatic N) is 1. The van der Waals surface area contributed by atoms with E-state index in [0.717, 1.165) is 36.3 Å². The minimum Gasteiger partial charge on any atom is -0.493 e. The van der Waals surface area contributed by atoms with Crippen LogP contribution in [0, 0.1) is 6.92 Å². The number of para-hydroxylation sites is 2. The summed E-state index contributed by atoms with van der Waals surface area (Å²) in [5, 5.41) is 8.67. The molecule has 2 amide bonds. The van der Waals surface area contributed by atoms with E-state index < -0.39 is 0 Å². The Bertz CT molecular complexity index is 1120. The number of ether oxygens (including phenoxy) is 2. The molecule has 7 nitrogen and oxygen atoms in total. The van der Waals surface area contributed by atoms with Gasteiger partial charge in [0, 0.05) is 23.0 Å². The Morgan fingerprint density at radius 3 is 2.21 bits per heavy atom. The van der Waals surface area contributed by atoms with Crippen LogP contribution in [0.4, 0.5) is 0 Å². The van der Waals surface area contributed by atoms with E-state index in [4.69, 9.17) is 9.47 Å². The smallest absolute Gasteiger partial charge is 0.270 e. The number of hydrogen-bond acceptors (Lipinski definition) is 6. The maximum Gasteiger partial charge on any atom is 0.270 e. The Morgan fingerprint density at radius 2 is 1.56 bits per heavy atom. The van der Waals surface area contributed by atoms with E-state index in [2.05, 4.69) is 15.6 Å². The molecule has 1 aliphatic rings. The molecule has 0 unspecified atom stereocenters. The van der Waals surface area contributed by atoms with Crippen LogP contribution in [0.2, 0.25) is 0 Å². The van der Waals surface area contributed by atoms with Crippen molar-refractivity contribution in [3.05, 3.63) is 75.7 Å². The molecule has 2 aromatic carbocycles. The highest BCUT2D eigenvalue weighted by Gasteiger charge is 2.25. The standard InChI is InChI=1S/C26H29N3O4S/c1-17-7-9-18(10-8-17)25(30)27-19-11-13-20(14-12-19)28-26(31)21-16-34-24(29-21)15-33-23-6-4-3-5-22(23)32-2/h3-10,16,19-20H,11-15H2,1-2H3,(H,27,30)(H,28,31). The van der Waals surface area contributed by atoms with E-state index in [-0.39, 0.29) is 30.5 Å². The maximum atomic E-state index is 12.7. The number of nitrogens with one attached hydrogen (secondary N) is 2. The van der Waals surface area contributed by atoms with Crippen molar-refractivity contribution in [1.29, 1.82) is 0 Å². The fourth-order valence-corrected chi connectivity index (χ4v) is 4.66. The molecule has 1 aromatic heterocycles. The lowest BCUT2D eigenvalue weighted by Gasteiger charge is -2.29. The van der Waals surface area contributed by atoms with Crippen LogP contribution in [0.5, 0.6) is 11.5 Å². The molecule has 4 rings (SSSR count). The predicted octanol–water partition coefficient (Wildman–Crippen LogP) is 4.51. The Kier molecular flexibility index (Phi) is 7.80. The van der Waals surface area contributed by atoms with Gasteiger partial charge in [0.1, 0.15) is 17.3 Å². The van der Waals surface area contributed by atoms with E-state index in [1.165, 1.54) is 11.3 Å². The monoisotopic (exact) mass is 479 g/mol. The highest BCUT2D eigenvalue weighted by molar-refractivity contribution is 7.09. The first-order chi connectivity index (χ1) is 16.5. The molecule has 0 saturated heterocycles. The number of thiazole rings is 1. The van der Waals surface area contributed by atoms with Crippen molar-refractivity contribution in [2.75, 3.05) is 7.11 Å². The van der Waals surface area contributed by atoms with Gasteiger partial charge in [-0.1, -0.05) is 29.8 Å². The second kappa shape index (κ2) is 11.2. The number of amides is 2. The molecule has 0 radical (unpaired) electrons. The van der Waals surface area contributed by atoms with Crippen molar-refractivity contribution in [1.82, 2.24) is 15.6 Å². The van der Waals surface area contributed by atoms with Crippen LogP contribution in [-0.2, 0) is 6.61 Å². The molecule has 3 aromatic rings. The molecule has 0 atom stereocenters. The van der Waals surface area contributed by atoms with E-state index in [1.54, 1.807) is 12.5 Å². The van der Waals surface area contributed by atoms with Gasteiger partial charge in [-0.15, -0.1) is 11.3 Å². The molecular formula is C26H29N3O4S. The summed E-state index contributed by atoms with van der Waals surface area (Å²) in [6.07, 6.45) is 3.30. The summed E-state index contributed by atoms with van der Waals surface area (Å²) in [5.74, 6) is 1.07. The van der Waals surface area contributed by atoms with E-state index in [9.17, 15) is 9.59 Å². The summed E-state index contributed by atoms with van der Waals surface area (Å²) in [6, 6.07) is 15.2. The van der Waals surface area contributed by atoms with E-state index >= 15 is 0 Å². The zero-order chi connectivity index (χ0) is 23.9. The summed E-state index contributed by atoms with van der Waals surface area (Å²) in [5.41, 5.74) is 2.21. The second-order valence-corrected chi connectivity index (χ2v) is 9.37. The lowest BCUT2D eigenvalue weighted by molar-refractivity contribution is 0.0889. The maximum absolute atomic E-state index is 12.7. The fraction of sp³-hybridized carbons (Fsp3) is 0.346. The molecule has 8 heteroatoms. The summed E-state index contributed by atoms with van der Waals surface area (Å²) >= 11 is 1.39. The molecule has 0 aliphatic heterocycles. The second-order valence-electron chi connectivity index (χ2n) is 8.43. The van der Waals surface area contributed by atoms with Gasteiger partial charge in [-0.25, -0.2) is 4.98 Å². The average molecular weight is 480 g/mol. The average Bonchev–Trinajstić information content (AvgIpc) is 3.34. The Labute approximate surface area is 203 Å². The van der Waals surface area contributed by atoms with Gasteiger partial charge in [0.15, 0.2) is 11.5 Å². The van der Waals surface area contributed by atoms with Gasteiger partial charge in [-0.05, 0) is 56.9 Å². The zero-order valence-corrected chi connectivity index (χ0v) is 20.2. The lowest BCUT2D eigenvalue weighted by Crippen LogP contribution is -2.43. The molecule has 0 bridgehead atoms. The van der Waals surface area contributed by atoms with Crippen LogP contribution >= 0.6 is 11.3 Å². The number of benzene rings is 2. The summed E-state index contributed by atoms with van der Waals surface area (Å²) in [6.45, 7) is 2.27. The topological polar surface area (TPSA) is 89.6 Å². The molecular weight excluding hydrogens is 450 g/mol.